The fourth-order valence-corrected chi connectivity index (χ4v) is 1.65. The molecule has 1 rings (SSSR count). The molecule has 0 radical (unpaired) electrons. The first-order valence-electron chi connectivity index (χ1n) is 5.49. The largest absolute Gasteiger partial charge is 0.411 e. The van der Waals surface area contributed by atoms with E-state index in [9.17, 15) is 18.0 Å². The zero-order valence-corrected chi connectivity index (χ0v) is 9.37. The number of alkyl halides is 3. The number of aliphatic hydroxyl groups excluding tert-OH is 1. The zero-order chi connectivity index (χ0) is 12.9. The predicted octanol–water partition coefficient (Wildman–Crippen LogP) is 0.939. The van der Waals surface area contributed by atoms with E-state index in [1.807, 2.05) is 0 Å². The summed E-state index contributed by atoms with van der Waals surface area (Å²) in [5.74, 6) is -0.493. The summed E-state index contributed by atoms with van der Waals surface area (Å²) in [6.45, 7) is -2.05. The van der Waals surface area contributed by atoms with Crippen molar-refractivity contribution in [1.29, 1.82) is 0 Å². The molecular weight excluding hydrogens is 239 g/mol. The van der Waals surface area contributed by atoms with E-state index >= 15 is 0 Å². The maximum Gasteiger partial charge on any atom is 0.411 e. The average molecular weight is 255 g/mol. The van der Waals surface area contributed by atoms with Crippen LogP contribution in [0.2, 0.25) is 0 Å². The van der Waals surface area contributed by atoms with Crippen LogP contribution in [0.5, 0.6) is 0 Å². The van der Waals surface area contributed by atoms with Crippen LogP contribution in [0.1, 0.15) is 19.3 Å². The molecule has 0 aliphatic heterocycles. The van der Waals surface area contributed by atoms with Crippen molar-refractivity contribution in [1.82, 2.24) is 4.90 Å². The summed E-state index contributed by atoms with van der Waals surface area (Å²) in [5.41, 5.74) is 0. The first-order valence-corrected chi connectivity index (χ1v) is 5.49. The second-order valence-corrected chi connectivity index (χ2v) is 4.00. The monoisotopic (exact) mass is 255 g/mol. The van der Waals surface area contributed by atoms with Gasteiger partial charge in [0.1, 0.15) is 13.2 Å². The fourth-order valence-electron chi connectivity index (χ4n) is 1.65. The first kappa shape index (κ1) is 14.2. The summed E-state index contributed by atoms with van der Waals surface area (Å²) >= 11 is 0. The number of hydrogen-bond donors (Lipinski definition) is 1. The van der Waals surface area contributed by atoms with E-state index in [4.69, 9.17) is 5.11 Å². The van der Waals surface area contributed by atoms with Gasteiger partial charge in [-0.15, -0.1) is 0 Å². The van der Waals surface area contributed by atoms with Crippen LogP contribution < -0.4 is 0 Å². The van der Waals surface area contributed by atoms with E-state index in [1.165, 1.54) is 4.90 Å². The molecule has 0 heterocycles. The van der Waals surface area contributed by atoms with Crippen molar-refractivity contribution in [2.75, 3.05) is 26.4 Å². The SMILES string of the molecule is O=C(COCC(F)(F)F)N(CCO)C1CCC1. The Balaban J connectivity index is 2.32. The third-order valence-corrected chi connectivity index (χ3v) is 2.67. The Kier molecular flexibility index (Phi) is 5.20. The Hall–Kier alpha value is -0.820. The molecule has 17 heavy (non-hydrogen) atoms. The Labute approximate surface area is 97.3 Å². The van der Waals surface area contributed by atoms with Gasteiger partial charge in [-0.1, -0.05) is 0 Å². The van der Waals surface area contributed by atoms with E-state index < -0.39 is 25.3 Å². The molecule has 0 aromatic heterocycles. The number of aliphatic hydroxyl groups is 1. The number of amides is 1. The molecule has 1 aliphatic carbocycles. The molecule has 100 valence electrons. The molecule has 1 saturated carbocycles. The lowest BCUT2D eigenvalue weighted by atomic mass is 9.91. The summed E-state index contributed by atoms with van der Waals surface area (Å²) in [6, 6.07) is 0.0455. The van der Waals surface area contributed by atoms with Crippen LogP contribution >= 0.6 is 0 Å². The van der Waals surface area contributed by atoms with Crippen LogP contribution in [-0.2, 0) is 9.53 Å². The van der Waals surface area contributed by atoms with Crippen LogP contribution in [0.4, 0.5) is 13.2 Å². The molecular formula is C10H16F3NO3. The number of carbonyl (C=O) groups is 1. The lowest BCUT2D eigenvalue weighted by Crippen LogP contribution is -2.47. The minimum atomic E-state index is -4.42. The summed E-state index contributed by atoms with van der Waals surface area (Å²) < 4.78 is 39.7. The lowest BCUT2D eigenvalue weighted by molar-refractivity contribution is -0.178. The molecule has 0 spiro atoms. The molecule has 0 saturated heterocycles. The van der Waals surface area contributed by atoms with Gasteiger partial charge in [0, 0.05) is 12.6 Å². The minimum Gasteiger partial charge on any atom is -0.395 e. The minimum absolute atomic E-state index is 0.0455. The smallest absolute Gasteiger partial charge is 0.395 e. The summed E-state index contributed by atoms with van der Waals surface area (Å²) in [4.78, 5) is 13.0. The van der Waals surface area contributed by atoms with Gasteiger partial charge >= 0.3 is 6.18 Å². The van der Waals surface area contributed by atoms with Crippen molar-refractivity contribution in [3.8, 4) is 0 Å². The van der Waals surface area contributed by atoms with E-state index in [0.717, 1.165) is 19.3 Å². The molecule has 7 heteroatoms. The molecule has 0 bridgehead atoms. The van der Waals surface area contributed by atoms with Crippen LogP contribution in [0.25, 0.3) is 0 Å². The molecule has 0 aromatic carbocycles. The van der Waals surface area contributed by atoms with E-state index in [1.54, 1.807) is 0 Å². The van der Waals surface area contributed by atoms with Gasteiger partial charge in [-0.25, -0.2) is 0 Å². The first-order chi connectivity index (χ1) is 7.94. The van der Waals surface area contributed by atoms with Gasteiger partial charge < -0.3 is 14.7 Å². The van der Waals surface area contributed by atoms with Gasteiger partial charge in [0.05, 0.1) is 6.61 Å². The lowest BCUT2D eigenvalue weighted by Gasteiger charge is -2.37. The Morgan fingerprint density at radius 3 is 2.47 bits per heavy atom. The number of rotatable bonds is 6. The van der Waals surface area contributed by atoms with Gasteiger partial charge in [0.15, 0.2) is 0 Å². The molecule has 1 amide bonds. The highest BCUT2D eigenvalue weighted by atomic mass is 19.4. The highest BCUT2D eigenvalue weighted by Gasteiger charge is 2.31. The van der Waals surface area contributed by atoms with Gasteiger partial charge in [0.2, 0.25) is 5.91 Å². The van der Waals surface area contributed by atoms with Crippen molar-refractivity contribution in [3.63, 3.8) is 0 Å². The maximum absolute atomic E-state index is 11.8. The van der Waals surface area contributed by atoms with Crippen LogP contribution in [0.15, 0.2) is 0 Å². The number of nitrogens with zero attached hydrogens (tertiary/aromatic N) is 1. The molecule has 0 unspecified atom stereocenters. The Morgan fingerprint density at radius 2 is 2.06 bits per heavy atom. The van der Waals surface area contributed by atoms with Crippen molar-refractivity contribution in [2.45, 2.75) is 31.5 Å². The van der Waals surface area contributed by atoms with Gasteiger partial charge in [0.25, 0.3) is 0 Å². The summed E-state index contributed by atoms with van der Waals surface area (Å²) in [5, 5.41) is 8.79. The average Bonchev–Trinajstić information content (AvgIpc) is 2.12. The zero-order valence-electron chi connectivity index (χ0n) is 9.37. The van der Waals surface area contributed by atoms with Crippen LogP contribution in [-0.4, -0.2) is 54.5 Å². The molecule has 1 fully saturated rings. The van der Waals surface area contributed by atoms with Crippen molar-refractivity contribution >= 4 is 5.91 Å². The van der Waals surface area contributed by atoms with E-state index in [2.05, 4.69) is 4.74 Å². The van der Waals surface area contributed by atoms with Gasteiger partial charge in [-0.05, 0) is 19.3 Å². The van der Waals surface area contributed by atoms with E-state index in [-0.39, 0.29) is 19.2 Å². The summed E-state index contributed by atoms with van der Waals surface area (Å²) in [6.07, 6.45) is -1.74. The second-order valence-electron chi connectivity index (χ2n) is 4.00. The molecule has 0 atom stereocenters. The summed E-state index contributed by atoms with van der Waals surface area (Å²) in [7, 11) is 0. The van der Waals surface area contributed by atoms with Crippen LogP contribution in [0, 0.1) is 0 Å². The Morgan fingerprint density at radius 1 is 1.41 bits per heavy atom. The maximum atomic E-state index is 11.8. The molecule has 1 N–H and O–H groups in total. The Bertz CT molecular complexity index is 254. The van der Waals surface area contributed by atoms with Crippen molar-refractivity contribution in [2.24, 2.45) is 0 Å². The third-order valence-electron chi connectivity index (χ3n) is 2.67. The van der Waals surface area contributed by atoms with Crippen molar-refractivity contribution in [3.05, 3.63) is 0 Å². The highest BCUT2D eigenvalue weighted by molar-refractivity contribution is 5.77. The quantitative estimate of drug-likeness (QED) is 0.768. The number of carbonyl (C=O) groups excluding carboxylic acids is 1. The van der Waals surface area contributed by atoms with E-state index in [0.29, 0.717) is 0 Å². The third kappa shape index (κ3) is 4.91. The van der Waals surface area contributed by atoms with Crippen molar-refractivity contribution < 1.29 is 27.8 Å². The molecule has 4 nitrogen and oxygen atoms in total. The highest BCUT2D eigenvalue weighted by Crippen LogP contribution is 2.24. The molecule has 0 aromatic rings. The second kappa shape index (κ2) is 6.20. The molecule has 1 aliphatic rings. The number of ether oxygens (including phenoxy) is 1. The van der Waals surface area contributed by atoms with Gasteiger partial charge in [-0.3, -0.25) is 4.79 Å². The number of hydrogen-bond acceptors (Lipinski definition) is 3. The topological polar surface area (TPSA) is 49.8 Å². The normalized spacial score (nSPS) is 16.7. The number of halogens is 3. The van der Waals surface area contributed by atoms with Gasteiger partial charge in [-0.2, -0.15) is 13.2 Å². The fraction of sp³-hybridized carbons (Fsp3) is 0.900. The standard InChI is InChI=1S/C10H16F3NO3/c11-10(12,13)7-17-6-9(16)14(4-5-15)8-2-1-3-8/h8,15H,1-7H2. The van der Waals surface area contributed by atoms with Crippen LogP contribution in [0.3, 0.4) is 0 Å². The predicted molar refractivity (Wildman–Crippen MR) is 53.3 cm³/mol.